The minimum Gasteiger partial charge on any atom is -0.335 e. The van der Waals surface area contributed by atoms with Crippen molar-refractivity contribution in [1.82, 2.24) is 25.6 Å². The van der Waals surface area contributed by atoms with Crippen molar-refractivity contribution in [3.63, 3.8) is 0 Å². The number of benzene rings is 2. The summed E-state index contributed by atoms with van der Waals surface area (Å²) in [7, 11) is 0. The summed E-state index contributed by atoms with van der Waals surface area (Å²) in [5.74, 6) is 0. The molecule has 2 amide bonds. The molecule has 1 aliphatic heterocycles. The van der Waals surface area contributed by atoms with E-state index in [0.717, 1.165) is 48.3 Å². The van der Waals surface area contributed by atoms with Crippen molar-refractivity contribution in [2.24, 2.45) is 0 Å². The van der Waals surface area contributed by atoms with Gasteiger partial charge in [-0.25, -0.2) is 9.48 Å². The first kappa shape index (κ1) is 15.6. The number of carbonyl (C=O) groups is 1. The van der Waals surface area contributed by atoms with Gasteiger partial charge in [0.15, 0.2) is 0 Å². The molecule has 0 saturated carbocycles. The summed E-state index contributed by atoms with van der Waals surface area (Å²) < 4.78 is 1.79. The number of aromatic nitrogens is 3. The van der Waals surface area contributed by atoms with Crippen molar-refractivity contribution in [3.05, 3.63) is 48.5 Å². The normalized spacial score (nSPS) is 15.2. The summed E-state index contributed by atoms with van der Waals surface area (Å²) >= 11 is 0. The Morgan fingerprint density at radius 1 is 1.08 bits per heavy atom. The molecule has 0 unspecified atom stereocenters. The first-order valence-corrected chi connectivity index (χ1v) is 8.49. The van der Waals surface area contributed by atoms with Crippen LogP contribution in [0.2, 0.25) is 0 Å². The maximum Gasteiger partial charge on any atom is 0.319 e. The summed E-state index contributed by atoms with van der Waals surface area (Å²) in [5.41, 5.74) is 3.45. The van der Waals surface area contributed by atoms with Gasteiger partial charge in [-0.1, -0.05) is 17.3 Å². The summed E-state index contributed by atoms with van der Waals surface area (Å²) in [5, 5.41) is 17.5. The highest BCUT2D eigenvalue weighted by atomic mass is 16.2. The third-order valence-electron chi connectivity index (χ3n) is 4.40. The monoisotopic (exact) mass is 336 g/mol. The van der Waals surface area contributed by atoms with Gasteiger partial charge in [0.05, 0.1) is 11.2 Å². The van der Waals surface area contributed by atoms with Gasteiger partial charge in [0.1, 0.15) is 5.52 Å². The number of para-hydroxylation sites is 1. The molecule has 3 N–H and O–H groups in total. The minimum absolute atomic E-state index is 0.161. The molecule has 128 valence electrons. The van der Waals surface area contributed by atoms with Crippen LogP contribution in [0, 0.1) is 0 Å². The molecule has 2 heterocycles. The molecule has 25 heavy (non-hydrogen) atoms. The predicted molar refractivity (Wildman–Crippen MR) is 96.9 cm³/mol. The number of hydrogen-bond donors (Lipinski definition) is 3. The molecule has 0 bridgehead atoms. The fourth-order valence-electron chi connectivity index (χ4n) is 3.06. The van der Waals surface area contributed by atoms with Crippen molar-refractivity contribution >= 4 is 22.8 Å². The molecular formula is C18H20N6O. The topological polar surface area (TPSA) is 83.9 Å². The Balaban J connectivity index is 1.44. The van der Waals surface area contributed by atoms with E-state index in [1.807, 2.05) is 48.5 Å². The van der Waals surface area contributed by atoms with Crippen LogP contribution in [0.5, 0.6) is 0 Å². The molecule has 0 aliphatic carbocycles. The van der Waals surface area contributed by atoms with E-state index in [9.17, 15) is 4.79 Å². The lowest BCUT2D eigenvalue weighted by atomic mass is 10.1. The Bertz CT molecular complexity index is 867. The number of fused-ring (bicyclic) bond motifs is 1. The third-order valence-corrected chi connectivity index (χ3v) is 4.40. The number of urea groups is 1. The number of carbonyl (C=O) groups excluding carboxylic acids is 1. The molecular weight excluding hydrogens is 316 g/mol. The van der Waals surface area contributed by atoms with Crippen LogP contribution in [-0.2, 0) is 0 Å². The first-order valence-electron chi connectivity index (χ1n) is 8.49. The molecule has 1 aromatic heterocycles. The molecule has 1 fully saturated rings. The number of hydrogen-bond acceptors (Lipinski definition) is 4. The zero-order chi connectivity index (χ0) is 17.1. The number of piperidine rings is 1. The fourth-order valence-corrected chi connectivity index (χ4v) is 3.06. The Morgan fingerprint density at radius 3 is 2.64 bits per heavy atom. The van der Waals surface area contributed by atoms with Crippen molar-refractivity contribution in [2.45, 2.75) is 18.9 Å². The lowest BCUT2D eigenvalue weighted by molar-refractivity contribution is 0.245. The third kappa shape index (κ3) is 3.46. The molecule has 0 radical (unpaired) electrons. The van der Waals surface area contributed by atoms with Crippen LogP contribution in [0.25, 0.3) is 16.7 Å². The average molecular weight is 336 g/mol. The van der Waals surface area contributed by atoms with E-state index in [1.54, 1.807) is 4.68 Å². The van der Waals surface area contributed by atoms with Gasteiger partial charge in [0.25, 0.3) is 0 Å². The van der Waals surface area contributed by atoms with Crippen LogP contribution in [0.15, 0.2) is 48.5 Å². The summed E-state index contributed by atoms with van der Waals surface area (Å²) in [6, 6.07) is 15.5. The van der Waals surface area contributed by atoms with Gasteiger partial charge < -0.3 is 16.0 Å². The van der Waals surface area contributed by atoms with Gasteiger partial charge in [-0.3, -0.25) is 0 Å². The second kappa shape index (κ2) is 6.90. The van der Waals surface area contributed by atoms with E-state index in [1.165, 1.54) is 0 Å². The number of rotatable bonds is 3. The summed E-state index contributed by atoms with van der Waals surface area (Å²) in [4.78, 5) is 12.1. The second-order valence-corrected chi connectivity index (χ2v) is 6.16. The van der Waals surface area contributed by atoms with Crippen LogP contribution >= 0.6 is 0 Å². The largest absolute Gasteiger partial charge is 0.335 e. The molecule has 7 heteroatoms. The Morgan fingerprint density at radius 2 is 1.84 bits per heavy atom. The average Bonchev–Trinajstić information content (AvgIpc) is 3.07. The quantitative estimate of drug-likeness (QED) is 0.685. The smallest absolute Gasteiger partial charge is 0.319 e. The summed E-state index contributed by atoms with van der Waals surface area (Å²) in [6.45, 7) is 1.90. The van der Waals surface area contributed by atoms with Gasteiger partial charge in [-0.15, -0.1) is 5.10 Å². The van der Waals surface area contributed by atoms with Crippen LogP contribution in [0.3, 0.4) is 0 Å². The van der Waals surface area contributed by atoms with E-state index in [-0.39, 0.29) is 12.1 Å². The van der Waals surface area contributed by atoms with E-state index >= 15 is 0 Å². The number of amides is 2. The molecule has 0 atom stereocenters. The molecule has 0 spiro atoms. The van der Waals surface area contributed by atoms with Gasteiger partial charge in [-0.05, 0) is 62.3 Å². The van der Waals surface area contributed by atoms with Crippen LogP contribution in [0.4, 0.5) is 10.5 Å². The van der Waals surface area contributed by atoms with Gasteiger partial charge in [-0.2, -0.15) is 0 Å². The van der Waals surface area contributed by atoms with Crippen molar-refractivity contribution < 1.29 is 4.79 Å². The van der Waals surface area contributed by atoms with Gasteiger partial charge in [0.2, 0.25) is 0 Å². The molecule has 1 aliphatic rings. The number of anilines is 1. The molecule has 7 nitrogen and oxygen atoms in total. The lowest BCUT2D eigenvalue weighted by Crippen LogP contribution is -2.44. The Hall–Kier alpha value is -2.93. The van der Waals surface area contributed by atoms with Gasteiger partial charge >= 0.3 is 6.03 Å². The van der Waals surface area contributed by atoms with E-state index in [4.69, 9.17) is 0 Å². The second-order valence-electron chi connectivity index (χ2n) is 6.16. The SMILES string of the molecule is O=C(Nc1ccc(-n2nnc3ccccc32)cc1)NC1CCNCC1. The first-order chi connectivity index (χ1) is 12.3. The Labute approximate surface area is 145 Å². The van der Waals surface area contributed by atoms with Crippen molar-refractivity contribution in [2.75, 3.05) is 18.4 Å². The van der Waals surface area contributed by atoms with E-state index < -0.39 is 0 Å². The Kier molecular flexibility index (Phi) is 4.30. The minimum atomic E-state index is -0.161. The van der Waals surface area contributed by atoms with Crippen molar-refractivity contribution in [3.8, 4) is 5.69 Å². The molecule has 1 saturated heterocycles. The van der Waals surface area contributed by atoms with Gasteiger partial charge in [0, 0.05) is 11.7 Å². The molecule has 3 aromatic rings. The number of nitrogens with one attached hydrogen (secondary N) is 3. The van der Waals surface area contributed by atoms with E-state index in [2.05, 4.69) is 26.3 Å². The van der Waals surface area contributed by atoms with Crippen LogP contribution in [-0.4, -0.2) is 40.2 Å². The summed E-state index contributed by atoms with van der Waals surface area (Å²) in [6.07, 6.45) is 1.93. The predicted octanol–water partition coefficient (Wildman–Crippen LogP) is 2.29. The fraction of sp³-hybridized carbons (Fsp3) is 0.278. The highest BCUT2D eigenvalue weighted by molar-refractivity contribution is 5.89. The lowest BCUT2D eigenvalue weighted by Gasteiger charge is -2.23. The zero-order valence-electron chi connectivity index (χ0n) is 13.8. The maximum absolute atomic E-state index is 12.1. The van der Waals surface area contributed by atoms with Crippen LogP contribution < -0.4 is 16.0 Å². The van der Waals surface area contributed by atoms with Crippen LogP contribution in [0.1, 0.15) is 12.8 Å². The molecule has 2 aromatic carbocycles. The highest BCUT2D eigenvalue weighted by Gasteiger charge is 2.15. The molecule has 4 rings (SSSR count). The highest BCUT2D eigenvalue weighted by Crippen LogP contribution is 2.18. The zero-order valence-corrected chi connectivity index (χ0v) is 13.8. The maximum atomic E-state index is 12.1. The standard InChI is InChI=1S/C18H20N6O/c25-18(21-14-9-11-19-12-10-14)20-13-5-7-15(8-6-13)24-17-4-2-1-3-16(17)22-23-24/h1-8,14,19H,9-12H2,(H2,20,21,25). The van der Waals surface area contributed by atoms with Crippen molar-refractivity contribution in [1.29, 1.82) is 0 Å². The van der Waals surface area contributed by atoms with E-state index in [0.29, 0.717) is 0 Å². The number of nitrogens with zero attached hydrogens (tertiary/aromatic N) is 3.